The molecule has 4 rings (SSSR count). The molecule has 1 saturated heterocycles. The molecule has 0 bridgehead atoms. The van der Waals surface area contributed by atoms with Crippen molar-refractivity contribution in [2.45, 2.75) is 11.8 Å². The van der Waals surface area contributed by atoms with E-state index < -0.39 is 23.2 Å². The lowest BCUT2D eigenvalue weighted by Gasteiger charge is -2.39. The summed E-state index contributed by atoms with van der Waals surface area (Å²) < 4.78 is 42.1. The van der Waals surface area contributed by atoms with Crippen molar-refractivity contribution in [2.75, 3.05) is 23.7 Å². The molecule has 0 unspecified atom stereocenters. The first kappa shape index (κ1) is 19.2. The summed E-state index contributed by atoms with van der Waals surface area (Å²) in [4.78, 5) is 7.79. The minimum Gasteiger partial charge on any atom is -0.382 e. The van der Waals surface area contributed by atoms with Gasteiger partial charge in [0.15, 0.2) is 0 Å². The summed E-state index contributed by atoms with van der Waals surface area (Å²) >= 11 is 0. The van der Waals surface area contributed by atoms with Gasteiger partial charge in [-0.25, -0.2) is 4.98 Å². The zero-order valence-corrected chi connectivity index (χ0v) is 15.3. The normalized spacial score (nSPS) is 15.6. The molecule has 1 aliphatic heterocycles. The van der Waals surface area contributed by atoms with E-state index in [1.807, 2.05) is 0 Å². The molecular formula is C18H18F3N7O. The van der Waals surface area contributed by atoms with Crippen LogP contribution in [0.2, 0.25) is 0 Å². The van der Waals surface area contributed by atoms with Crippen molar-refractivity contribution in [3.05, 3.63) is 54.0 Å². The number of nitrogens with one attached hydrogen (secondary N) is 3. The van der Waals surface area contributed by atoms with Crippen LogP contribution in [0.15, 0.2) is 42.9 Å². The Morgan fingerprint density at radius 1 is 1.17 bits per heavy atom. The molecule has 0 radical (unpaired) electrons. The minimum absolute atomic E-state index is 0.0185. The Hall–Kier alpha value is -3.18. The predicted octanol–water partition coefficient (Wildman–Crippen LogP) is 2.51. The molecule has 8 nitrogen and oxygen atoms in total. The van der Waals surface area contributed by atoms with Crippen LogP contribution in [0.3, 0.4) is 0 Å². The number of halogens is 3. The number of hydrogen-bond acceptors (Lipinski definition) is 7. The van der Waals surface area contributed by atoms with E-state index >= 15 is 0 Å². The van der Waals surface area contributed by atoms with Gasteiger partial charge in [-0.15, -0.1) is 0 Å². The SMILES string of the molecule is Cn1cc(Nc2ncc(C(F)(F)F)c(Nc3ccccc3C3(O)CNC3)n2)cn1. The molecule has 0 aliphatic carbocycles. The third-order valence-electron chi connectivity index (χ3n) is 4.57. The number of anilines is 4. The van der Waals surface area contributed by atoms with Crippen LogP contribution in [-0.2, 0) is 18.8 Å². The first-order chi connectivity index (χ1) is 13.7. The third-order valence-corrected chi connectivity index (χ3v) is 4.57. The highest BCUT2D eigenvalue weighted by molar-refractivity contribution is 5.66. The summed E-state index contributed by atoms with van der Waals surface area (Å²) in [5.74, 6) is -0.433. The zero-order chi connectivity index (χ0) is 20.6. The predicted molar refractivity (Wildman–Crippen MR) is 100 cm³/mol. The van der Waals surface area contributed by atoms with Gasteiger partial charge in [0.2, 0.25) is 5.95 Å². The second-order valence-electron chi connectivity index (χ2n) is 6.79. The number of aliphatic hydroxyl groups is 1. The molecule has 0 amide bonds. The fraction of sp³-hybridized carbons (Fsp3) is 0.278. The van der Waals surface area contributed by atoms with Gasteiger partial charge in [-0.05, 0) is 6.07 Å². The van der Waals surface area contributed by atoms with E-state index in [0.717, 1.165) is 6.20 Å². The molecule has 4 N–H and O–H groups in total. The van der Waals surface area contributed by atoms with Crippen molar-refractivity contribution in [1.29, 1.82) is 0 Å². The smallest absolute Gasteiger partial charge is 0.382 e. The quantitative estimate of drug-likeness (QED) is 0.518. The lowest BCUT2D eigenvalue weighted by atomic mass is 9.87. The number of rotatable bonds is 5. The van der Waals surface area contributed by atoms with Crippen molar-refractivity contribution in [2.24, 2.45) is 7.05 Å². The van der Waals surface area contributed by atoms with E-state index in [0.29, 0.717) is 30.0 Å². The number of β-amino-alcohol motifs (C(OH)–C–C–N with tert-alkyl or cyclic N) is 1. The molecule has 2 aromatic heterocycles. The maximum Gasteiger partial charge on any atom is 0.421 e. The fourth-order valence-electron chi connectivity index (χ4n) is 3.04. The molecule has 1 fully saturated rings. The van der Waals surface area contributed by atoms with Crippen LogP contribution in [-0.4, -0.2) is 37.9 Å². The summed E-state index contributed by atoms with van der Waals surface area (Å²) in [5, 5.41) is 23.1. The number of aromatic nitrogens is 4. The van der Waals surface area contributed by atoms with Crippen LogP contribution in [0, 0.1) is 0 Å². The molecule has 3 heterocycles. The van der Waals surface area contributed by atoms with Crippen molar-refractivity contribution >= 4 is 23.1 Å². The number of alkyl halides is 3. The van der Waals surface area contributed by atoms with Crippen molar-refractivity contribution in [3.63, 3.8) is 0 Å². The molecule has 0 spiro atoms. The topological polar surface area (TPSA) is 99.9 Å². The van der Waals surface area contributed by atoms with E-state index in [1.165, 1.54) is 10.9 Å². The Balaban J connectivity index is 1.71. The van der Waals surface area contributed by atoms with Crippen LogP contribution < -0.4 is 16.0 Å². The van der Waals surface area contributed by atoms with Gasteiger partial charge in [0.1, 0.15) is 17.0 Å². The molecule has 11 heteroatoms. The number of nitrogens with zero attached hydrogens (tertiary/aromatic N) is 4. The standard InChI is InChI=1S/C18H18F3N7O/c1-28-8-11(6-24-28)25-16-23-7-13(18(19,20)21)15(27-16)26-14-5-3-2-4-12(14)17(29)9-22-10-17/h2-8,22,29H,9-10H2,1H3,(H2,23,25,26,27). The summed E-state index contributed by atoms with van der Waals surface area (Å²) in [6.45, 7) is 0.630. The van der Waals surface area contributed by atoms with E-state index in [-0.39, 0.29) is 5.95 Å². The Morgan fingerprint density at radius 2 is 1.93 bits per heavy atom. The van der Waals surface area contributed by atoms with Crippen LogP contribution in [0.4, 0.5) is 36.3 Å². The molecule has 1 aliphatic rings. The van der Waals surface area contributed by atoms with E-state index in [1.54, 1.807) is 37.5 Å². The molecule has 0 saturated carbocycles. The fourth-order valence-corrected chi connectivity index (χ4v) is 3.04. The minimum atomic E-state index is -4.65. The van der Waals surface area contributed by atoms with Crippen LogP contribution in [0.1, 0.15) is 11.1 Å². The average Bonchev–Trinajstić information content (AvgIpc) is 3.04. The average molecular weight is 405 g/mol. The lowest BCUT2D eigenvalue weighted by Crippen LogP contribution is -2.56. The van der Waals surface area contributed by atoms with Crippen molar-refractivity contribution in [1.82, 2.24) is 25.1 Å². The second-order valence-corrected chi connectivity index (χ2v) is 6.79. The van der Waals surface area contributed by atoms with Crippen LogP contribution >= 0.6 is 0 Å². The largest absolute Gasteiger partial charge is 0.421 e. The Bertz CT molecular complexity index is 1030. The highest BCUT2D eigenvalue weighted by Crippen LogP contribution is 2.38. The van der Waals surface area contributed by atoms with Gasteiger partial charge in [-0.1, -0.05) is 18.2 Å². The third kappa shape index (κ3) is 3.87. The van der Waals surface area contributed by atoms with Gasteiger partial charge in [-0.2, -0.15) is 23.3 Å². The highest BCUT2D eigenvalue weighted by Gasteiger charge is 2.39. The van der Waals surface area contributed by atoms with Gasteiger partial charge < -0.3 is 21.1 Å². The first-order valence-corrected chi connectivity index (χ1v) is 8.74. The Morgan fingerprint density at radius 3 is 2.55 bits per heavy atom. The number of aryl methyl sites for hydroxylation is 1. The monoisotopic (exact) mass is 405 g/mol. The summed E-state index contributed by atoms with van der Waals surface area (Å²) in [6.07, 6.45) is -0.791. The zero-order valence-electron chi connectivity index (χ0n) is 15.3. The molecule has 152 valence electrons. The Labute approximate surface area is 163 Å². The first-order valence-electron chi connectivity index (χ1n) is 8.74. The van der Waals surface area contributed by atoms with E-state index in [2.05, 4.69) is 31.0 Å². The van der Waals surface area contributed by atoms with Gasteiger partial charge in [0, 0.05) is 43.8 Å². The molecule has 1 aromatic carbocycles. The molecule has 0 atom stereocenters. The Kier molecular flexibility index (Phi) is 4.63. The lowest BCUT2D eigenvalue weighted by molar-refractivity contribution is -0.137. The summed E-state index contributed by atoms with van der Waals surface area (Å²) in [7, 11) is 1.71. The van der Waals surface area contributed by atoms with Gasteiger partial charge in [0.25, 0.3) is 0 Å². The molecular weight excluding hydrogens is 387 g/mol. The summed E-state index contributed by atoms with van der Waals surface area (Å²) in [6, 6.07) is 6.66. The van der Waals surface area contributed by atoms with E-state index in [9.17, 15) is 18.3 Å². The van der Waals surface area contributed by atoms with Gasteiger partial charge >= 0.3 is 6.18 Å². The van der Waals surface area contributed by atoms with Crippen LogP contribution in [0.5, 0.6) is 0 Å². The molecule has 3 aromatic rings. The summed E-state index contributed by atoms with van der Waals surface area (Å²) in [5.41, 5.74) is -0.789. The highest BCUT2D eigenvalue weighted by atomic mass is 19.4. The maximum absolute atomic E-state index is 13.5. The van der Waals surface area contributed by atoms with Crippen LogP contribution in [0.25, 0.3) is 0 Å². The van der Waals surface area contributed by atoms with E-state index in [4.69, 9.17) is 0 Å². The second kappa shape index (κ2) is 7.01. The maximum atomic E-state index is 13.5. The van der Waals surface area contributed by atoms with Crippen molar-refractivity contribution in [3.8, 4) is 0 Å². The van der Waals surface area contributed by atoms with Gasteiger partial charge in [-0.3, -0.25) is 4.68 Å². The number of hydrogen-bond donors (Lipinski definition) is 4. The molecule has 29 heavy (non-hydrogen) atoms. The number of benzene rings is 1. The van der Waals surface area contributed by atoms with Crippen molar-refractivity contribution < 1.29 is 18.3 Å². The van der Waals surface area contributed by atoms with Gasteiger partial charge in [0.05, 0.1) is 11.9 Å². The number of para-hydroxylation sites is 1.